The molecule has 0 spiro atoms. The first-order valence-electron chi connectivity index (χ1n) is 9.14. The summed E-state index contributed by atoms with van der Waals surface area (Å²) in [5.41, 5.74) is 1.97. The monoisotopic (exact) mass is 426 g/mol. The number of carboxylic acid groups (broad SMARTS) is 1. The third-order valence-electron chi connectivity index (χ3n) is 4.62. The third-order valence-corrected chi connectivity index (χ3v) is 6.38. The average Bonchev–Trinajstić information content (AvgIpc) is 2.72. The molecule has 0 aliphatic heterocycles. The van der Waals surface area contributed by atoms with Gasteiger partial charge in [0.2, 0.25) is 0 Å². The second-order valence-electron chi connectivity index (χ2n) is 6.83. The number of methoxy groups -OCH3 is 1. The van der Waals surface area contributed by atoms with Gasteiger partial charge >= 0.3 is 5.97 Å². The maximum atomic E-state index is 13.6. The lowest BCUT2D eigenvalue weighted by Gasteiger charge is -2.28. The van der Waals surface area contributed by atoms with Crippen LogP contribution < -0.4 is 9.04 Å². The van der Waals surface area contributed by atoms with Crippen molar-refractivity contribution in [3.63, 3.8) is 0 Å². The van der Waals surface area contributed by atoms with Gasteiger partial charge in [-0.1, -0.05) is 12.1 Å². The van der Waals surface area contributed by atoms with Crippen molar-refractivity contribution < 1.29 is 23.1 Å². The van der Waals surface area contributed by atoms with Crippen LogP contribution in [0.3, 0.4) is 0 Å². The fraction of sp³-hybridized carbons (Fsp3) is 0.182. The molecule has 1 aromatic heterocycles. The highest BCUT2D eigenvalue weighted by atomic mass is 32.2. The third kappa shape index (κ3) is 4.28. The second-order valence-corrected chi connectivity index (χ2v) is 8.69. The number of aromatic nitrogens is 1. The zero-order valence-corrected chi connectivity index (χ0v) is 17.7. The summed E-state index contributed by atoms with van der Waals surface area (Å²) in [5, 5.41) is 9.78. The molecule has 156 valence electrons. The molecule has 1 heterocycles. The second kappa shape index (κ2) is 8.54. The molecule has 0 aliphatic carbocycles. The zero-order valence-electron chi connectivity index (χ0n) is 16.9. The van der Waals surface area contributed by atoms with Crippen molar-refractivity contribution in [1.29, 1.82) is 0 Å². The molecule has 0 saturated heterocycles. The highest BCUT2D eigenvalue weighted by Gasteiger charge is 2.30. The van der Waals surface area contributed by atoms with Crippen molar-refractivity contribution in [1.82, 2.24) is 4.98 Å². The van der Waals surface area contributed by atoms with E-state index in [2.05, 4.69) is 4.98 Å². The van der Waals surface area contributed by atoms with Crippen LogP contribution in [0.25, 0.3) is 0 Å². The molecule has 8 heteroatoms. The quantitative estimate of drug-likeness (QED) is 0.617. The highest BCUT2D eigenvalue weighted by Crippen LogP contribution is 2.33. The van der Waals surface area contributed by atoms with Crippen LogP contribution >= 0.6 is 0 Å². The fourth-order valence-corrected chi connectivity index (χ4v) is 4.81. The maximum absolute atomic E-state index is 13.6. The standard InChI is InChI=1S/C22H22N2O5S/c1-15-11-16(2)21(20(12-15)22(25)26)24(14-17-5-4-10-23-13-17)30(27,28)19-8-6-18(29-3)7-9-19/h4-13H,14H2,1-3H3,(H,25,26). The molecule has 0 fully saturated rings. The van der Waals surface area contributed by atoms with Crippen molar-refractivity contribution in [2.24, 2.45) is 0 Å². The van der Waals surface area contributed by atoms with Gasteiger partial charge in [0.1, 0.15) is 5.75 Å². The number of carbonyl (C=O) groups is 1. The van der Waals surface area contributed by atoms with Crippen LogP contribution in [0.1, 0.15) is 27.0 Å². The van der Waals surface area contributed by atoms with E-state index in [4.69, 9.17) is 4.74 Å². The Balaban J connectivity index is 2.23. The lowest BCUT2D eigenvalue weighted by molar-refractivity contribution is 0.0697. The van der Waals surface area contributed by atoms with Crippen LogP contribution in [0, 0.1) is 13.8 Å². The number of nitrogens with zero attached hydrogens (tertiary/aromatic N) is 2. The number of hydrogen-bond acceptors (Lipinski definition) is 5. The van der Waals surface area contributed by atoms with Crippen LogP contribution in [0.4, 0.5) is 5.69 Å². The molecular formula is C22H22N2O5S. The van der Waals surface area contributed by atoms with Gasteiger partial charge in [-0.15, -0.1) is 0 Å². The summed E-state index contributed by atoms with van der Waals surface area (Å²) >= 11 is 0. The van der Waals surface area contributed by atoms with Crippen LogP contribution in [-0.4, -0.2) is 31.6 Å². The number of aryl methyl sites for hydroxylation is 2. The summed E-state index contributed by atoms with van der Waals surface area (Å²) < 4.78 is 33.5. The first-order valence-corrected chi connectivity index (χ1v) is 10.6. The van der Waals surface area contributed by atoms with E-state index in [-0.39, 0.29) is 22.7 Å². The molecule has 0 aliphatic rings. The van der Waals surface area contributed by atoms with Crippen LogP contribution in [0.2, 0.25) is 0 Å². The molecule has 0 saturated carbocycles. The molecule has 3 aromatic rings. The molecule has 30 heavy (non-hydrogen) atoms. The van der Waals surface area contributed by atoms with Crippen molar-refractivity contribution in [3.05, 3.63) is 83.2 Å². The first-order chi connectivity index (χ1) is 14.2. The molecule has 2 aromatic carbocycles. The van der Waals surface area contributed by atoms with Gasteiger partial charge in [0.15, 0.2) is 0 Å². The Bertz CT molecular complexity index is 1160. The number of anilines is 1. The van der Waals surface area contributed by atoms with E-state index in [1.807, 2.05) is 0 Å². The van der Waals surface area contributed by atoms with E-state index in [0.29, 0.717) is 16.9 Å². The minimum Gasteiger partial charge on any atom is -0.497 e. The number of benzene rings is 2. The lowest BCUT2D eigenvalue weighted by atomic mass is 10.0. The van der Waals surface area contributed by atoms with E-state index in [0.717, 1.165) is 9.87 Å². The minimum atomic E-state index is -4.08. The number of ether oxygens (including phenoxy) is 1. The van der Waals surface area contributed by atoms with Crippen LogP contribution in [0.15, 0.2) is 65.8 Å². The molecule has 7 nitrogen and oxygen atoms in total. The van der Waals surface area contributed by atoms with Crippen molar-refractivity contribution in [2.75, 3.05) is 11.4 Å². The Morgan fingerprint density at radius 2 is 1.83 bits per heavy atom. The van der Waals surface area contributed by atoms with E-state index in [1.165, 1.54) is 25.3 Å². The highest BCUT2D eigenvalue weighted by molar-refractivity contribution is 7.92. The predicted octanol–water partition coefficient (Wildman–Crippen LogP) is 3.80. The van der Waals surface area contributed by atoms with E-state index in [9.17, 15) is 18.3 Å². The zero-order chi connectivity index (χ0) is 21.9. The molecule has 3 rings (SSSR count). The average molecular weight is 426 g/mol. The molecule has 0 unspecified atom stereocenters. The Morgan fingerprint density at radius 3 is 2.40 bits per heavy atom. The molecule has 0 amide bonds. The van der Waals surface area contributed by atoms with Gasteiger partial charge in [-0.05, 0) is 66.9 Å². The Hall–Kier alpha value is -3.39. The summed E-state index contributed by atoms with van der Waals surface area (Å²) in [6, 6.07) is 12.7. The molecule has 1 N–H and O–H groups in total. The van der Waals surface area contributed by atoms with Gasteiger partial charge < -0.3 is 9.84 Å². The van der Waals surface area contributed by atoms with Crippen LogP contribution in [0.5, 0.6) is 5.75 Å². The number of aromatic carboxylic acids is 1. The predicted molar refractivity (Wildman–Crippen MR) is 113 cm³/mol. The van der Waals surface area contributed by atoms with Gasteiger partial charge in [0.25, 0.3) is 10.0 Å². The SMILES string of the molecule is COc1ccc(S(=O)(=O)N(Cc2cccnc2)c2c(C)cc(C)cc2C(=O)O)cc1. The van der Waals surface area contributed by atoms with E-state index in [1.54, 1.807) is 56.6 Å². The first kappa shape index (κ1) is 21.3. The van der Waals surface area contributed by atoms with E-state index >= 15 is 0 Å². The lowest BCUT2D eigenvalue weighted by Crippen LogP contribution is -2.32. The van der Waals surface area contributed by atoms with Gasteiger partial charge in [-0.3, -0.25) is 9.29 Å². The van der Waals surface area contributed by atoms with Gasteiger partial charge in [0.05, 0.1) is 29.8 Å². The number of hydrogen-bond donors (Lipinski definition) is 1. The summed E-state index contributed by atoms with van der Waals surface area (Å²) in [7, 11) is -2.59. The summed E-state index contributed by atoms with van der Waals surface area (Å²) in [5.74, 6) is -0.677. The van der Waals surface area contributed by atoms with Gasteiger partial charge in [0, 0.05) is 12.4 Å². The summed E-state index contributed by atoms with van der Waals surface area (Å²) in [6.07, 6.45) is 3.14. The Kier molecular flexibility index (Phi) is 6.07. The Labute approximate surface area is 175 Å². The molecule has 0 radical (unpaired) electrons. The smallest absolute Gasteiger partial charge is 0.337 e. The van der Waals surface area contributed by atoms with Crippen LogP contribution in [-0.2, 0) is 16.6 Å². The fourth-order valence-electron chi connectivity index (χ4n) is 3.27. The molecule has 0 atom stereocenters. The minimum absolute atomic E-state index is 0.0310. The maximum Gasteiger partial charge on any atom is 0.337 e. The molecule has 0 bridgehead atoms. The number of carboxylic acids is 1. The van der Waals surface area contributed by atoms with E-state index < -0.39 is 16.0 Å². The summed E-state index contributed by atoms with van der Waals surface area (Å²) in [4.78, 5) is 16.1. The number of pyridine rings is 1. The molecular weight excluding hydrogens is 404 g/mol. The van der Waals surface area contributed by atoms with Crippen molar-refractivity contribution in [3.8, 4) is 5.75 Å². The van der Waals surface area contributed by atoms with Crippen molar-refractivity contribution in [2.45, 2.75) is 25.3 Å². The van der Waals surface area contributed by atoms with Gasteiger partial charge in [-0.2, -0.15) is 0 Å². The Morgan fingerprint density at radius 1 is 1.13 bits per heavy atom. The van der Waals surface area contributed by atoms with Gasteiger partial charge in [-0.25, -0.2) is 13.2 Å². The number of sulfonamides is 1. The topological polar surface area (TPSA) is 96.8 Å². The number of rotatable bonds is 7. The summed E-state index contributed by atoms with van der Waals surface area (Å²) in [6.45, 7) is 3.41. The van der Waals surface area contributed by atoms with Crippen molar-refractivity contribution >= 4 is 21.7 Å². The normalized spacial score (nSPS) is 11.2. The largest absolute Gasteiger partial charge is 0.497 e.